The maximum atomic E-state index is 12.0. The first-order valence-corrected chi connectivity index (χ1v) is 7.28. The van der Waals surface area contributed by atoms with Crippen molar-refractivity contribution in [3.8, 4) is 0 Å². The van der Waals surface area contributed by atoms with Gasteiger partial charge < -0.3 is 5.11 Å². The Bertz CT molecular complexity index is 738. The molecule has 6 nitrogen and oxygen atoms in total. The Labute approximate surface area is 116 Å². The van der Waals surface area contributed by atoms with Gasteiger partial charge in [-0.05, 0) is 11.5 Å². The van der Waals surface area contributed by atoms with E-state index in [0.29, 0.717) is 5.69 Å². The van der Waals surface area contributed by atoms with Gasteiger partial charge >= 0.3 is 16.2 Å². The summed E-state index contributed by atoms with van der Waals surface area (Å²) in [6.45, 7) is -0.597. The zero-order valence-corrected chi connectivity index (χ0v) is 11.6. The third kappa shape index (κ3) is 3.06. The molecule has 0 aliphatic carbocycles. The van der Waals surface area contributed by atoms with E-state index in [0.717, 1.165) is 15.1 Å². The van der Waals surface area contributed by atoms with E-state index in [2.05, 4.69) is 4.72 Å². The highest BCUT2D eigenvalue weighted by Crippen LogP contribution is 2.24. The molecule has 0 radical (unpaired) electrons. The summed E-state index contributed by atoms with van der Waals surface area (Å²) in [6.07, 6.45) is 0. The van der Waals surface area contributed by atoms with Crippen LogP contribution in [0.1, 0.15) is 0 Å². The second-order valence-electron chi connectivity index (χ2n) is 4.28. The average molecular weight is 294 g/mol. The summed E-state index contributed by atoms with van der Waals surface area (Å²) < 4.78 is 27.2. The first-order valence-electron chi connectivity index (χ1n) is 5.84. The molecule has 20 heavy (non-hydrogen) atoms. The zero-order chi connectivity index (χ0) is 14.8. The number of nitrogens with one attached hydrogen (secondary N) is 1. The van der Waals surface area contributed by atoms with Gasteiger partial charge in [-0.15, -0.1) is 0 Å². The lowest BCUT2D eigenvalue weighted by atomic mass is 10.1. The highest BCUT2D eigenvalue weighted by molar-refractivity contribution is 7.90. The molecule has 0 aromatic heterocycles. The fourth-order valence-electron chi connectivity index (χ4n) is 1.81. The Hall–Kier alpha value is -2.12. The van der Waals surface area contributed by atoms with Crippen LogP contribution in [0.4, 0.5) is 5.69 Å². The van der Waals surface area contributed by atoms with Crippen molar-refractivity contribution < 1.29 is 18.3 Å². The fraction of sp³-hybridized carbons (Fsp3) is 0.154. The van der Waals surface area contributed by atoms with E-state index in [-0.39, 0.29) is 0 Å². The lowest BCUT2D eigenvalue weighted by Gasteiger charge is -2.17. The smallest absolute Gasteiger partial charge is 0.318 e. The van der Waals surface area contributed by atoms with Crippen molar-refractivity contribution in [2.24, 2.45) is 0 Å². The molecule has 0 spiro atoms. The van der Waals surface area contributed by atoms with E-state index < -0.39 is 22.7 Å². The molecular formula is C13H14N2O4S. The Balaban J connectivity index is 2.34. The third-order valence-electron chi connectivity index (χ3n) is 2.80. The Morgan fingerprint density at radius 3 is 2.55 bits per heavy atom. The van der Waals surface area contributed by atoms with Gasteiger partial charge in [0, 0.05) is 12.4 Å². The molecule has 0 saturated heterocycles. The first-order chi connectivity index (χ1) is 9.40. The number of benzene rings is 2. The predicted molar refractivity (Wildman–Crippen MR) is 76.8 cm³/mol. The standard InChI is InChI=1S/C13H14N2O4S/c1-15(9-13(16)17)20(18,19)14-12-8-4-6-10-5-2-3-7-11(10)12/h2-8,14H,9H2,1H3,(H,16,17). The van der Waals surface area contributed by atoms with Crippen LogP contribution in [0.15, 0.2) is 42.5 Å². The van der Waals surface area contributed by atoms with Crippen LogP contribution >= 0.6 is 0 Å². The number of carboxylic acid groups (broad SMARTS) is 1. The Kier molecular flexibility index (Phi) is 3.91. The summed E-state index contributed by atoms with van der Waals surface area (Å²) in [5.41, 5.74) is 0.417. The molecule has 2 aromatic rings. The normalized spacial score (nSPS) is 11.7. The van der Waals surface area contributed by atoms with Gasteiger partial charge in [-0.3, -0.25) is 9.52 Å². The number of fused-ring (bicyclic) bond motifs is 1. The van der Waals surface area contributed by atoms with Crippen molar-refractivity contribution in [3.05, 3.63) is 42.5 Å². The minimum Gasteiger partial charge on any atom is -0.480 e. The second-order valence-corrected chi connectivity index (χ2v) is 6.06. The molecule has 2 aromatic carbocycles. The van der Waals surface area contributed by atoms with Crippen LogP contribution in [0.3, 0.4) is 0 Å². The highest BCUT2D eigenvalue weighted by atomic mass is 32.2. The summed E-state index contributed by atoms with van der Waals surface area (Å²) in [5, 5.41) is 10.3. The van der Waals surface area contributed by atoms with Crippen LogP contribution in [0.2, 0.25) is 0 Å². The number of aliphatic carboxylic acids is 1. The highest BCUT2D eigenvalue weighted by Gasteiger charge is 2.20. The van der Waals surface area contributed by atoms with E-state index in [1.54, 1.807) is 24.3 Å². The number of rotatable bonds is 5. The summed E-state index contributed by atoms with van der Waals surface area (Å²) in [7, 11) is -2.69. The molecule has 0 atom stereocenters. The minimum absolute atomic E-state index is 0.417. The maximum Gasteiger partial charge on any atom is 0.318 e. The average Bonchev–Trinajstić information content (AvgIpc) is 2.38. The maximum absolute atomic E-state index is 12.0. The van der Waals surface area contributed by atoms with Crippen molar-refractivity contribution in [2.45, 2.75) is 0 Å². The third-order valence-corrected chi connectivity index (χ3v) is 4.22. The Morgan fingerprint density at radius 2 is 1.85 bits per heavy atom. The number of anilines is 1. The molecule has 0 fully saturated rings. The monoisotopic (exact) mass is 294 g/mol. The topological polar surface area (TPSA) is 86.7 Å². The molecular weight excluding hydrogens is 280 g/mol. The molecule has 0 aliphatic rings. The summed E-state index contributed by atoms with van der Waals surface area (Å²) in [6, 6.07) is 12.6. The molecule has 7 heteroatoms. The molecule has 0 unspecified atom stereocenters. The number of nitrogens with zero attached hydrogens (tertiary/aromatic N) is 1. The van der Waals surface area contributed by atoms with Crippen LogP contribution in [0.25, 0.3) is 10.8 Å². The van der Waals surface area contributed by atoms with Crippen LogP contribution in [-0.2, 0) is 15.0 Å². The molecule has 0 aliphatic heterocycles. The number of hydrogen-bond acceptors (Lipinski definition) is 3. The van der Waals surface area contributed by atoms with Gasteiger partial charge in [0.2, 0.25) is 0 Å². The lowest BCUT2D eigenvalue weighted by Crippen LogP contribution is -2.36. The van der Waals surface area contributed by atoms with Crippen LogP contribution < -0.4 is 4.72 Å². The fourth-order valence-corrected chi connectivity index (χ4v) is 2.70. The molecule has 0 amide bonds. The minimum atomic E-state index is -3.90. The summed E-state index contributed by atoms with van der Waals surface area (Å²) in [5.74, 6) is -1.21. The van der Waals surface area contributed by atoms with E-state index in [1.807, 2.05) is 18.2 Å². The van der Waals surface area contributed by atoms with Crippen molar-refractivity contribution >= 4 is 32.6 Å². The van der Waals surface area contributed by atoms with Gasteiger partial charge in [-0.2, -0.15) is 12.7 Å². The van der Waals surface area contributed by atoms with E-state index in [9.17, 15) is 13.2 Å². The molecule has 0 saturated carbocycles. The number of hydrogen-bond donors (Lipinski definition) is 2. The summed E-state index contributed by atoms with van der Waals surface area (Å²) >= 11 is 0. The number of likely N-dealkylation sites (N-methyl/N-ethyl adjacent to an activating group) is 1. The van der Waals surface area contributed by atoms with Crippen LogP contribution in [0.5, 0.6) is 0 Å². The van der Waals surface area contributed by atoms with Gasteiger partial charge in [0.15, 0.2) is 0 Å². The second kappa shape index (κ2) is 5.48. The van der Waals surface area contributed by atoms with Gasteiger partial charge in [-0.1, -0.05) is 36.4 Å². The van der Waals surface area contributed by atoms with E-state index in [1.165, 1.54) is 7.05 Å². The molecule has 0 heterocycles. The van der Waals surface area contributed by atoms with Crippen molar-refractivity contribution in [3.63, 3.8) is 0 Å². The number of carboxylic acids is 1. The van der Waals surface area contributed by atoms with Crippen molar-refractivity contribution in [1.82, 2.24) is 4.31 Å². The molecule has 106 valence electrons. The molecule has 2 N–H and O–H groups in total. The van der Waals surface area contributed by atoms with E-state index >= 15 is 0 Å². The van der Waals surface area contributed by atoms with Crippen molar-refractivity contribution in [2.75, 3.05) is 18.3 Å². The van der Waals surface area contributed by atoms with Gasteiger partial charge in [-0.25, -0.2) is 0 Å². The molecule has 0 bridgehead atoms. The van der Waals surface area contributed by atoms with Gasteiger partial charge in [0.25, 0.3) is 0 Å². The zero-order valence-electron chi connectivity index (χ0n) is 10.8. The molecule has 2 rings (SSSR count). The predicted octanol–water partition coefficient (Wildman–Crippen LogP) is 1.51. The van der Waals surface area contributed by atoms with Crippen LogP contribution in [-0.4, -0.2) is 37.4 Å². The van der Waals surface area contributed by atoms with Gasteiger partial charge in [0.1, 0.15) is 6.54 Å². The first kappa shape index (κ1) is 14.3. The SMILES string of the molecule is CN(CC(=O)O)S(=O)(=O)Nc1cccc2ccccc12. The Morgan fingerprint density at radius 1 is 1.20 bits per heavy atom. The van der Waals surface area contributed by atoms with Crippen molar-refractivity contribution in [1.29, 1.82) is 0 Å². The van der Waals surface area contributed by atoms with E-state index in [4.69, 9.17) is 5.11 Å². The summed E-state index contributed by atoms with van der Waals surface area (Å²) in [4.78, 5) is 10.6. The van der Waals surface area contributed by atoms with Gasteiger partial charge in [0.05, 0.1) is 5.69 Å². The largest absolute Gasteiger partial charge is 0.480 e. The quantitative estimate of drug-likeness (QED) is 0.875. The lowest BCUT2D eigenvalue weighted by molar-refractivity contribution is -0.137. The number of carbonyl (C=O) groups is 1. The van der Waals surface area contributed by atoms with Crippen LogP contribution in [0, 0.1) is 0 Å².